The Hall–Kier alpha value is -4.62. The lowest BCUT2D eigenvalue weighted by atomic mass is 9.69. The molecule has 0 bridgehead atoms. The molecule has 0 aromatic heterocycles. The van der Waals surface area contributed by atoms with Crippen molar-refractivity contribution in [1.29, 1.82) is 0 Å². The van der Waals surface area contributed by atoms with Crippen LogP contribution in [0.4, 0.5) is 17.1 Å². The van der Waals surface area contributed by atoms with Gasteiger partial charge in [-0.1, -0.05) is 154 Å². The first-order valence-electron chi connectivity index (χ1n) is 18.4. The molecule has 1 heteroatoms. The average molecular weight is 626 g/mol. The largest absolute Gasteiger partial charge is 0.311 e. The van der Waals surface area contributed by atoms with Gasteiger partial charge in [-0.3, -0.25) is 0 Å². The minimum Gasteiger partial charge on any atom is -0.311 e. The van der Waals surface area contributed by atoms with Crippen LogP contribution in [0.1, 0.15) is 93.2 Å². The molecule has 2 aliphatic rings. The SMILES string of the molecule is c1ccc(C2(c3ccc(N(c4ccc(-c5cccc6ccccc56)cc4)c4ccc(C5CCCCC5)cc4)cc3)CCCCCC2)cc1. The molecule has 0 saturated heterocycles. The molecule has 2 saturated carbocycles. The van der Waals surface area contributed by atoms with E-state index in [2.05, 4.69) is 150 Å². The van der Waals surface area contributed by atoms with Gasteiger partial charge in [0.15, 0.2) is 0 Å². The van der Waals surface area contributed by atoms with Crippen LogP contribution in [0.25, 0.3) is 21.9 Å². The molecule has 0 atom stereocenters. The highest BCUT2D eigenvalue weighted by atomic mass is 15.1. The monoisotopic (exact) mass is 625 g/mol. The summed E-state index contributed by atoms with van der Waals surface area (Å²) >= 11 is 0. The second-order valence-corrected chi connectivity index (χ2v) is 14.2. The molecule has 8 rings (SSSR count). The summed E-state index contributed by atoms with van der Waals surface area (Å²) in [6, 6.07) is 54.9. The highest BCUT2D eigenvalue weighted by Gasteiger charge is 2.34. The summed E-state index contributed by atoms with van der Waals surface area (Å²) in [7, 11) is 0. The van der Waals surface area contributed by atoms with E-state index in [1.807, 2.05) is 0 Å². The molecule has 0 heterocycles. The molecule has 1 nitrogen and oxygen atoms in total. The van der Waals surface area contributed by atoms with E-state index in [0.29, 0.717) is 5.92 Å². The first kappa shape index (κ1) is 30.7. The quantitative estimate of drug-likeness (QED) is 0.160. The van der Waals surface area contributed by atoms with Crippen LogP contribution in [-0.4, -0.2) is 0 Å². The molecular formula is C47H47N. The Morgan fingerprint density at radius 2 is 0.979 bits per heavy atom. The van der Waals surface area contributed by atoms with Crippen LogP contribution < -0.4 is 4.90 Å². The fourth-order valence-corrected chi connectivity index (χ4v) is 8.81. The maximum absolute atomic E-state index is 2.45. The fraction of sp³-hybridized carbons (Fsp3) is 0.277. The number of nitrogens with zero attached hydrogens (tertiary/aromatic N) is 1. The van der Waals surface area contributed by atoms with Crippen molar-refractivity contribution in [3.05, 3.63) is 162 Å². The van der Waals surface area contributed by atoms with E-state index >= 15 is 0 Å². The van der Waals surface area contributed by atoms with E-state index in [1.54, 1.807) is 0 Å². The van der Waals surface area contributed by atoms with Gasteiger partial charge in [0.05, 0.1) is 0 Å². The average Bonchev–Trinajstić information content (AvgIpc) is 3.44. The van der Waals surface area contributed by atoms with E-state index in [0.717, 1.165) is 0 Å². The van der Waals surface area contributed by atoms with Crippen LogP contribution in [0.2, 0.25) is 0 Å². The molecule has 0 radical (unpaired) electrons. The molecule has 0 amide bonds. The van der Waals surface area contributed by atoms with E-state index < -0.39 is 0 Å². The van der Waals surface area contributed by atoms with Gasteiger partial charge >= 0.3 is 0 Å². The van der Waals surface area contributed by atoms with Gasteiger partial charge in [-0.2, -0.15) is 0 Å². The van der Waals surface area contributed by atoms with E-state index in [4.69, 9.17) is 0 Å². The third kappa shape index (κ3) is 6.08. The predicted octanol–water partition coefficient (Wildman–Crippen LogP) is 13.7. The van der Waals surface area contributed by atoms with Crippen LogP contribution in [0.5, 0.6) is 0 Å². The molecule has 2 fully saturated rings. The van der Waals surface area contributed by atoms with Gasteiger partial charge < -0.3 is 4.90 Å². The van der Waals surface area contributed by atoms with Crippen LogP contribution >= 0.6 is 0 Å². The van der Waals surface area contributed by atoms with E-state index in [9.17, 15) is 0 Å². The van der Waals surface area contributed by atoms with E-state index in [1.165, 1.54) is 126 Å². The molecule has 0 N–H and O–H groups in total. The smallest absolute Gasteiger partial charge is 0.0462 e. The second kappa shape index (κ2) is 13.9. The van der Waals surface area contributed by atoms with Crippen molar-refractivity contribution in [3.63, 3.8) is 0 Å². The molecule has 0 unspecified atom stereocenters. The number of benzene rings is 6. The van der Waals surface area contributed by atoms with Gasteiger partial charge in [0.2, 0.25) is 0 Å². The predicted molar refractivity (Wildman–Crippen MR) is 205 cm³/mol. The van der Waals surface area contributed by atoms with Crippen molar-refractivity contribution in [2.24, 2.45) is 0 Å². The van der Waals surface area contributed by atoms with Crippen LogP contribution in [-0.2, 0) is 5.41 Å². The standard InChI is InChI=1S/C47H47N/c1-2-12-35-47(34-11-1,40-18-7-4-8-19-40)41-26-32-44(33-27-41)48(42-28-22-37(23-29-42)36-14-5-3-6-15-36)43-30-24-39(25-31-43)46-21-13-17-38-16-9-10-20-45(38)46/h4,7-10,13,16-33,36H,1-3,5-6,11-12,14-15,34-35H2. The zero-order valence-electron chi connectivity index (χ0n) is 28.2. The van der Waals surface area contributed by atoms with Crippen molar-refractivity contribution in [2.75, 3.05) is 4.90 Å². The van der Waals surface area contributed by atoms with Gasteiger partial charge in [0.25, 0.3) is 0 Å². The van der Waals surface area contributed by atoms with Gasteiger partial charge in [-0.25, -0.2) is 0 Å². The van der Waals surface area contributed by atoms with Gasteiger partial charge in [0, 0.05) is 22.5 Å². The van der Waals surface area contributed by atoms with Crippen molar-refractivity contribution in [1.82, 2.24) is 0 Å². The minimum absolute atomic E-state index is 0.0862. The van der Waals surface area contributed by atoms with Crippen LogP contribution in [0.15, 0.2) is 146 Å². The number of anilines is 3. The zero-order chi connectivity index (χ0) is 32.2. The minimum atomic E-state index is 0.0862. The van der Waals surface area contributed by atoms with Gasteiger partial charge in [-0.05, 0) is 107 Å². The highest BCUT2D eigenvalue weighted by molar-refractivity contribution is 5.97. The van der Waals surface area contributed by atoms with Gasteiger partial charge in [-0.15, -0.1) is 0 Å². The first-order valence-corrected chi connectivity index (χ1v) is 18.4. The Morgan fingerprint density at radius 1 is 0.438 bits per heavy atom. The lowest BCUT2D eigenvalue weighted by Crippen LogP contribution is -2.27. The molecule has 2 aliphatic carbocycles. The summed E-state index contributed by atoms with van der Waals surface area (Å²) in [6.07, 6.45) is 14.5. The Labute approximate surface area is 287 Å². The highest BCUT2D eigenvalue weighted by Crippen LogP contribution is 2.45. The van der Waals surface area contributed by atoms with Crippen molar-refractivity contribution in [2.45, 2.75) is 82.0 Å². The molecular weight excluding hydrogens is 579 g/mol. The topological polar surface area (TPSA) is 3.24 Å². The second-order valence-electron chi connectivity index (χ2n) is 14.2. The lowest BCUT2D eigenvalue weighted by Gasteiger charge is -2.35. The normalized spacial score (nSPS) is 16.8. The van der Waals surface area contributed by atoms with Crippen molar-refractivity contribution < 1.29 is 0 Å². The van der Waals surface area contributed by atoms with E-state index in [-0.39, 0.29) is 5.41 Å². The summed E-state index contributed by atoms with van der Waals surface area (Å²) in [6.45, 7) is 0. The molecule has 0 spiro atoms. The third-order valence-electron chi connectivity index (χ3n) is 11.4. The first-order chi connectivity index (χ1) is 23.8. The number of fused-ring (bicyclic) bond motifs is 1. The maximum atomic E-state index is 2.45. The van der Waals surface area contributed by atoms with Crippen molar-refractivity contribution in [3.8, 4) is 11.1 Å². The summed E-state index contributed by atoms with van der Waals surface area (Å²) in [5, 5.41) is 2.57. The molecule has 6 aromatic carbocycles. The Balaban J connectivity index is 1.18. The summed E-state index contributed by atoms with van der Waals surface area (Å²) in [5.41, 5.74) is 10.6. The Bertz CT molecular complexity index is 1920. The third-order valence-corrected chi connectivity index (χ3v) is 11.4. The van der Waals surface area contributed by atoms with Crippen LogP contribution in [0, 0.1) is 0 Å². The molecule has 48 heavy (non-hydrogen) atoms. The molecule has 0 aliphatic heterocycles. The molecule has 240 valence electrons. The molecule has 6 aromatic rings. The van der Waals surface area contributed by atoms with Gasteiger partial charge in [0.1, 0.15) is 0 Å². The number of rotatable bonds is 7. The summed E-state index contributed by atoms with van der Waals surface area (Å²) < 4.78 is 0. The fourth-order valence-electron chi connectivity index (χ4n) is 8.81. The Morgan fingerprint density at radius 3 is 1.67 bits per heavy atom. The number of hydrogen-bond donors (Lipinski definition) is 0. The maximum Gasteiger partial charge on any atom is 0.0462 e. The summed E-state index contributed by atoms with van der Waals surface area (Å²) in [5.74, 6) is 0.703. The van der Waals surface area contributed by atoms with Crippen LogP contribution in [0.3, 0.4) is 0 Å². The van der Waals surface area contributed by atoms with Crippen molar-refractivity contribution >= 4 is 27.8 Å². The lowest BCUT2D eigenvalue weighted by molar-refractivity contribution is 0.443. The number of hydrogen-bond acceptors (Lipinski definition) is 1. The Kier molecular flexibility index (Phi) is 8.86. The summed E-state index contributed by atoms with van der Waals surface area (Å²) in [4.78, 5) is 2.45. The zero-order valence-corrected chi connectivity index (χ0v) is 28.2.